The molecular weight excluding hydrogens is 816 g/mol. The summed E-state index contributed by atoms with van der Waals surface area (Å²) in [6.45, 7) is 5.24. The molecule has 5 aromatic rings. The van der Waals surface area contributed by atoms with Crippen LogP contribution in [0.25, 0.3) is 16.6 Å². The molecule has 322 valence electrons. The molecule has 0 bridgehead atoms. The summed E-state index contributed by atoms with van der Waals surface area (Å²) in [5.41, 5.74) is 7.74. The third-order valence-electron chi connectivity index (χ3n) is 15.7. The lowest BCUT2D eigenvalue weighted by Gasteiger charge is -2.38. The molecule has 13 nitrogen and oxygen atoms in total. The first-order valence-corrected chi connectivity index (χ1v) is 23.2. The van der Waals surface area contributed by atoms with Gasteiger partial charge in [0, 0.05) is 66.1 Å². The van der Waals surface area contributed by atoms with Crippen LogP contribution in [0.1, 0.15) is 121 Å². The fraction of sp³-hybridized carbons (Fsp3) is 0.449. The lowest BCUT2D eigenvalue weighted by Crippen LogP contribution is -2.52. The molecule has 12 rings (SSSR count). The van der Waals surface area contributed by atoms with E-state index in [9.17, 15) is 19.2 Å². The van der Waals surface area contributed by atoms with E-state index in [4.69, 9.17) is 31.3 Å². The highest BCUT2D eigenvalue weighted by molar-refractivity contribution is 6.35. The van der Waals surface area contributed by atoms with Crippen LogP contribution in [-0.4, -0.2) is 85.9 Å². The number of nitrogens with zero attached hydrogens (tertiary/aromatic N) is 7. The molecule has 0 unspecified atom stereocenters. The van der Waals surface area contributed by atoms with Crippen molar-refractivity contribution in [2.75, 3.05) is 37.7 Å². The number of carbonyl (C=O) groups excluding carboxylic acids is 3. The zero-order valence-electron chi connectivity index (χ0n) is 35.2. The Labute approximate surface area is 369 Å². The summed E-state index contributed by atoms with van der Waals surface area (Å²) < 4.78 is 8.65. The lowest BCUT2D eigenvalue weighted by atomic mass is 9.69. The van der Waals surface area contributed by atoms with Gasteiger partial charge in [0.25, 0.3) is 11.5 Å². The Morgan fingerprint density at radius 1 is 0.857 bits per heavy atom. The largest absolute Gasteiger partial charge is 0.492 e. The van der Waals surface area contributed by atoms with E-state index in [0.717, 1.165) is 130 Å². The second-order valence-electron chi connectivity index (χ2n) is 19.0. The number of benzene rings is 3. The maximum atomic E-state index is 13.4. The molecule has 7 aliphatic rings. The minimum absolute atomic E-state index is 0.152. The predicted molar refractivity (Wildman–Crippen MR) is 237 cm³/mol. The van der Waals surface area contributed by atoms with E-state index < -0.39 is 11.9 Å². The molecule has 6 aliphatic heterocycles. The van der Waals surface area contributed by atoms with E-state index in [1.54, 1.807) is 11.0 Å². The number of nitrogens with one attached hydrogen (secondary N) is 1. The molecule has 1 saturated carbocycles. The van der Waals surface area contributed by atoms with E-state index in [2.05, 4.69) is 37.9 Å². The Bertz CT molecular complexity index is 2800. The molecule has 63 heavy (non-hydrogen) atoms. The van der Waals surface area contributed by atoms with E-state index in [1.165, 1.54) is 17.5 Å². The van der Waals surface area contributed by atoms with Crippen molar-refractivity contribution in [3.8, 4) is 11.4 Å². The lowest BCUT2D eigenvalue weighted by molar-refractivity contribution is -0.136. The highest BCUT2D eigenvalue weighted by Gasteiger charge is 2.49. The van der Waals surface area contributed by atoms with Crippen LogP contribution in [0.4, 0.5) is 5.95 Å². The normalized spacial score (nSPS) is 22.6. The maximum Gasteiger partial charge on any atom is 0.282 e. The van der Waals surface area contributed by atoms with Crippen LogP contribution < -0.4 is 20.5 Å². The van der Waals surface area contributed by atoms with Gasteiger partial charge in [-0.05, 0) is 99.3 Å². The van der Waals surface area contributed by atoms with Gasteiger partial charge in [0.1, 0.15) is 17.6 Å². The van der Waals surface area contributed by atoms with E-state index >= 15 is 0 Å². The fourth-order valence-electron chi connectivity index (χ4n) is 12.3. The van der Waals surface area contributed by atoms with E-state index in [-0.39, 0.29) is 34.6 Å². The molecule has 14 heteroatoms. The third kappa shape index (κ3) is 6.09. The van der Waals surface area contributed by atoms with E-state index in [1.807, 2.05) is 36.7 Å². The number of piperidine rings is 3. The van der Waals surface area contributed by atoms with Gasteiger partial charge in [0.15, 0.2) is 0 Å². The molecule has 1 atom stereocenters. The monoisotopic (exact) mass is 864 g/mol. The maximum absolute atomic E-state index is 13.4. The number of anilines is 1. The molecule has 4 fully saturated rings. The summed E-state index contributed by atoms with van der Waals surface area (Å²) in [7, 11) is 0. The SMILES string of the molecule is O=C1CC[C@H](N2Cc3c(ccc4c3OCC43CCN(c4ncc(CN5CCC(c6ccc7c(c6)-n6c(nc(=O)c8c(Cl)cccc86)C76CCCCC6)CC5)cn4)CC3)C2=O)C(=O)N1. The number of amides is 3. The number of imide groups is 1. The second kappa shape index (κ2) is 14.7. The van der Waals surface area contributed by atoms with E-state index in [0.29, 0.717) is 41.5 Å². The highest BCUT2D eigenvalue weighted by atomic mass is 35.5. The van der Waals surface area contributed by atoms with Crippen molar-refractivity contribution in [1.82, 2.24) is 34.6 Å². The molecule has 3 amide bonds. The summed E-state index contributed by atoms with van der Waals surface area (Å²) in [6.07, 6.45) is 13.9. The van der Waals surface area contributed by atoms with Gasteiger partial charge in [0.2, 0.25) is 17.8 Å². The number of fused-ring (bicyclic) bond motifs is 11. The number of hydrogen-bond donors (Lipinski definition) is 1. The van der Waals surface area contributed by atoms with Crippen molar-refractivity contribution in [3.05, 3.63) is 116 Å². The number of aromatic nitrogens is 4. The van der Waals surface area contributed by atoms with Gasteiger partial charge in [-0.2, -0.15) is 4.98 Å². The van der Waals surface area contributed by atoms with Crippen molar-refractivity contribution in [2.45, 2.75) is 107 Å². The summed E-state index contributed by atoms with van der Waals surface area (Å²) >= 11 is 6.62. The van der Waals surface area contributed by atoms with Gasteiger partial charge in [0.05, 0.1) is 40.2 Å². The number of carbonyl (C=O) groups is 3. The van der Waals surface area contributed by atoms with Crippen LogP contribution >= 0.6 is 11.6 Å². The molecule has 3 aromatic carbocycles. The molecule has 0 radical (unpaired) electrons. The number of halogens is 1. The Kier molecular flexibility index (Phi) is 9.09. The van der Waals surface area contributed by atoms with Gasteiger partial charge in [-0.15, -0.1) is 0 Å². The van der Waals surface area contributed by atoms with Gasteiger partial charge < -0.3 is 14.5 Å². The number of likely N-dealkylation sites (tertiary alicyclic amines) is 1. The minimum atomic E-state index is -0.650. The van der Waals surface area contributed by atoms with Crippen LogP contribution in [0.15, 0.2) is 65.7 Å². The van der Waals surface area contributed by atoms with Gasteiger partial charge in [-0.3, -0.25) is 34.0 Å². The number of rotatable bonds is 5. The van der Waals surface area contributed by atoms with Crippen LogP contribution in [0.3, 0.4) is 0 Å². The quantitative estimate of drug-likeness (QED) is 0.196. The summed E-state index contributed by atoms with van der Waals surface area (Å²) in [5, 5.41) is 3.34. The van der Waals surface area contributed by atoms with Crippen molar-refractivity contribution in [3.63, 3.8) is 0 Å². The zero-order valence-corrected chi connectivity index (χ0v) is 36.0. The van der Waals surface area contributed by atoms with Crippen molar-refractivity contribution >= 4 is 46.2 Å². The molecular formula is C49H49ClN8O5. The topological polar surface area (TPSA) is 143 Å². The van der Waals surface area contributed by atoms with Crippen LogP contribution in [0.2, 0.25) is 5.02 Å². The third-order valence-corrected chi connectivity index (χ3v) is 16.0. The fourth-order valence-corrected chi connectivity index (χ4v) is 12.5. The van der Waals surface area contributed by atoms with Crippen LogP contribution in [0, 0.1) is 0 Å². The average Bonchev–Trinajstić information content (AvgIpc) is 3.92. The molecule has 8 heterocycles. The van der Waals surface area contributed by atoms with Crippen molar-refractivity contribution in [2.24, 2.45) is 0 Å². The minimum Gasteiger partial charge on any atom is -0.492 e. The van der Waals surface area contributed by atoms with Crippen LogP contribution in [-0.2, 0) is 33.5 Å². The first-order valence-electron chi connectivity index (χ1n) is 22.8. The average molecular weight is 865 g/mol. The molecule has 1 N–H and O–H groups in total. The summed E-state index contributed by atoms with van der Waals surface area (Å²) in [5.74, 6) is 1.98. The van der Waals surface area contributed by atoms with Gasteiger partial charge >= 0.3 is 0 Å². The van der Waals surface area contributed by atoms with Crippen LogP contribution in [0.5, 0.6) is 5.75 Å². The Hall–Kier alpha value is -5.66. The Morgan fingerprint density at radius 3 is 2.41 bits per heavy atom. The summed E-state index contributed by atoms with van der Waals surface area (Å²) in [4.78, 5) is 72.0. The highest BCUT2D eigenvalue weighted by Crippen LogP contribution is 2.53. The van der Waals surface area contributed by atoms with Crippen molar-refractivity contribution < 1.29 is 19.1 Å². The standard InChI is InChI=1S/C49H49ClN8O5/c50-36-5-4-6-37-41(36)44(61)54-46-49(15-2-1-3-16-49)34-9-7-31(23-39(34)58(37)46)30-13-19-55(20-14-30)26-29-24-51-47(52-25-29)56-21-17-48(18-22-56)28-63-42-33-27-57(38-11-12-40(59)53-43(38)60)45(62)32(33)8-10-35(42)48/h4-10,23-25,30,38H,1-3,11-22,26-28H2,(H,53,59,60)/t38-/m0/s1. The predicted octanol–water partition coefficient (Wildman–Crippen LogP) is 6.46. The number of ether oxygens (including phenoxy) is 1. The molecule has 3 saturated heterocycles. The molecule has 2 spiro atoms. The zero-order chi connectivity index (χ0) is 42.6. The summed E-state index contributed by atoms with van der Waals surface area (Å²) in [6, 6.07) is 16.1. The van der Waals surface area contributed by atoms with Gasteiger partial charge in [-0.25, -0.2) is 9.97 Å². The Morgan fingerprint density at radius 2 is 1.63 bits per heavy atom. The van der Waals surface area contributed by atoms with Gasteiger partial charge in [-0.1, -0.05) is 55.1 Å². The first-order chi connectivity index (χ1) is 30.7. The first kappa shape index (κ1) is 39.0. The molecule has 1 aliphatic carbocycles. The van der Waals surface area contributed by atoms with Crippen molar-refractivity contribution in [1.29, 1.82) is 0 Å². The second-order valence-corrected chi connectivity index (χ2v) is 19.4. The number of hydrogen-bond acceptors (Lipinski definition) is 10. The Balaban J connectivity index is 0.692. The smallest absolute Gasteiger partial charge is 0.282 e. The molecule has 2 aromatic heterocycles.